The van der Waals surface area contributed by atoms with Gasteiger partial charge in [0.1, 0.15) is 6.33 Å². The normalized spacial score (nSPS) is 17.9. The maximum atomic E-state index is 5.83. The van der Waals surface area contributed by atoms with E-state index >= 15 is 0 Å². The van der Waals surface area contributed by atoms with Crippen molar-refractivity contribution in [2.45, 2.75) is 6.42 Å². The number of nitrogens with zero attached hydrogens (tertiary/aromatic N) is 3. The number of hydrogen-bond donors (Lipinski definition) is 1. The summed E-state index contributed by atoms with van der Waals surface area (Å²) in [7, 11) is 0. The minimum atomic E-state index is 0.680. The third-order valence-electron chi connectivity index (χ3n) is 2.24. The van der Waals surface area contributed by atoms with Crippen molar-refractivity contribution in [3.63, 3.8) is 0 Å². The Kier molecular flexibility index (Phi) is 3.08. The van der Waals surface area contributed by atoms with Gasteiger partial charge in [-0.05, 0) is 12.2 Å². The number of aromatic nitrogens is 2. The zero-order chi connectivity index (χ0) is 9.80. The van der Waals surface area contributed by atoms with Gasteiger partial charge in [-0.1, -0.05) is 0 Å². The molecule has 0 bridgehead atoms. The monoisotopic (exact) mass is 210 g/mol. The zero-order valence-electron chi connectivity index (χ0n) is 8.02. The molecule has 2 N–H and O–H groups in total. The van der Waals surface area contributed by atoms with Crippen molar-refractivity contribution in [3.05, 3.63) is 12.5 Å². The maximum Gasteiger partial charge on any atom is 0.155 e. The third-order valence-corrected chi connectivity index (χ3v) is 3.29. The van der Waals surface area contributed by atoms with Gasteiger partial charge < -0.3 is 10.6 Å². The van der Waals surface area contributed by atoms with Crippen molar-refractivity contribution in [1.82, 2.24) is 9.97 Å². The summed E-state index contributed by atoms with van der Waals surface area (Å²) in [4.78, 5) is 10.4. The fourth-order valence-electron chi connectivity index (χ4n) is 1.56. The van der Waals surface area contributed by atoms with Crippen LogP contribution < -0.4 is 10.6 Å². The van der Waals surface area contributed by atoms with Gasteiger partial charge in [-0.3, -0.25) is 0 Å². The van der Waals surface area contributed by atoms with Crippen LogP contribution in [0.2, 0.25) is 0 Å². The number of thioether (sulfide) groups is 1. The van der Waals surface area contributed by atoms with E-state index in [-0.39, 0.29) is 0 Å². The summed E-state index contributed by atoms with van der Waals surface area (Å²) in [5.74, 6) is 3.28. The minimum Gasteiger partial charge on any atom is -0.394 e. The molecule has 0 radical (unpaired) electrons. The van der Waals surface area contributed by atoms with Crippen LogP contribution in [0.3, 0.4) is 0 Å². The highest BCUT2D eigenvalue weighted by atomic mass is 32.2. The molecule has 1 saturated heterocycles. The van der Waals surface area contributed by atoms with Gasteiger partial charge >= 0.3 is 0 Å². The van der Waals surface area contributed by atoms with Crippen LogP contribution in [0.1, 0.15) is 6.42 Å². The predicted molar refractivity (Wildman–Crippen MR) is 60.6 cm³/mol. The summed E-state index contributed by atoms with van der Waals surface area (Å²) < 4.78 is 0. The van der Waals surface area contributed by atoms with Crippen LogP contribution in [0.5, 0.6) is 0 Å². The molecule has 4 nitrogen and oxygen atoms in total. The standard InChI is InChI=1S/C9H14N4S/c10-8-6-11-7-12-9(8)13-2-1-4-14-5-3-13/h6-7H,1-5,10H2. The predicted octanol–water partition coefficient (Wildman–Crippen LogP) is 1.00. The Labute approximate surface area is 87.9 Å². The van der Waals surface area contributed by atoms with E-state index in [0.29, 0.717) is 5.69 Å². The molecule has 0 saturated carbocycles. The van der Waals surface area contributed by atoms with Gasteiger partial charge in [0.15, 0.2) is 5.82 Å². The smallest absolute Gasteiger partial charge is 0.155 e. The van der Waals surface area contributed by atoms with E-state index in [1.165, 1.54) is 12.2 Å². The van der Waals surface area contributed by atoms with Crippen LogP contribution in [-0.2, 0) is 0 Å². The fraction of sp³-hybridized carbons (Fsp3) is 0.556. The zero-order valence-corrected chi connectivity index (χ0v) is 8.83. The van der Waals surface area contributed by atoms with Crippen molar-refractivity contribution >= 4 is 23.3 Å². The molecule has 14 heavy (non-hydrogen) atoms. The van der Waals surface area contributed by atoms with E-state index in [1.54, 1.807) is 12.5 Å². The summed E-state index contributed by atoms with van der Waals surface area (Å²) in [5, 5.41) is 0. The molecule has 76 valence electrons. The first kappa shape index (κ1) is 9.58. The molecular weight excluding hydrogens is 196 g/mol. The molecule has 5 heteroatoms. The van der Waals surface area contributed by atoms with E-state index < -0.39 is 0 Å². The van der Waals surface area contributed by atoms with Crippen molar-refractivity contribution < 1.29 is 0 Å². The Hall–Kier alpha value is -0.970. The van der Waals surface area contributed by atoms with E-state index in [4.69, 9.17) is 5.73 Å². The second-order valence-electron chi connectivity index (χ2n) is 3.25. The molecule has 2 heterocycles. The molecule has 1 fully saturated rings. The molecule has 2 rings (SSSR count). The molecule has 0 amide bonds. The maximum absolute atomic E-state index is 5.83. The van der Waals surface area contributed by atoms with Crippen LogP contribution in [0.4, 0.5) is 11.5 Å². The van der Waals surface area contributed by atoms with E-state index in [1.807, 2.05) is 11.8 Å². The molecular formula is C9H14N4S. The SMILES string of the molecule is Nc1cncnc1N1CCCSCC1. The highest BCUT2D eigenvalue weighted by Crippen LogP contribution is 2.21. The molecule has 0 atom stereocenters. The first-order valence-electron chi connectivity index (χ1n) is 4.76. The molecule has 1 aliphatic rings. The van der Waals surface area contributed by atoms with Crippen molar-refractivity contribution in [2.24, 2.45) is 0 Å². The molecule has 0 aliphatic carbocycles. The molecule has 0 unspecified atom stereocenters. The first-order chi connectivity index (χ1) is 6.88. The van der Waals surface area contributed by atoms with Gasteiger partial charge in [0.25, 0.3) is 0 Å². The van der Waals surface area contributed by atoms with E-state index in [0.717, 1.165) is 24.7 Å². The average molecular weight is 210 g/mol. The van der Waals surface area contributed by atoms with Crippen LogP contribution in [-0.4, -0.2) is 34.6 Å². The van der Waals surface area contributed by atoms with Gasteiger partial charge in [0.05, 0.1) is 11.9 Å². The summed E-state index contributed by atoms with van der Waals surface area (Å²) in [6.07, 6.45) is 4.43. The Morgan fingerprint density at radius 3 is 3.14 bits per heavy atom. The van der Waals surface area contributed by atoms with Crippen LogP contribution in [0.15, 0.2) is 12.5 Å². The lowest BCUT2D eigenvalue weighted by molar-refractivity contribution is 0.800. The van der Waals surface area contributed by atoms with Gasteiger partial charge in [0.2, 0.25) is 0 Å². The second-order valence-corrected chi connectivity index (χ2v) is 4.48. The fourth-order valence-corrected chi connectivity index (χ4v) is 2.44. The van der Waals surface area contributed by atoms with Gasteiger partial charge in [-0.15, -0.1) is 0 Å². The summed E-state index contributed by atoms with van der Waals surface area (Å²) in [6.45, 7) is 2.08. The van der Waals surface area contributed by atoms with Gasteiger partial charge in [-0.2, -0.15) is 11.8 Å². The van der Waals surface area contributed by atoms with Crippen molar-refractivity contribution in [3.8, 4) is 0 Å². The molecule has 1 aromatic rings. The number of rotatable bonds is 1. The lowest BCUT2D eigenvalue weighted by Crippen LogP contribution is -2.27. The number of nitrogens with two attached hydrogens (primary N) is 1. The number of nitrogen functional groups attached to an aromatic ring is 1. The quantitative estimate of drug-likeness (QED) is 0.749. The van der Waals surface area contributed by atoms with Gasteiger partial charge in [-0.25, -0.2) is 9.97 Å². The minimum absolute atomic E-state index is 0.680. The Bertz CT molecular complexity index is 297. The van der Waals surface area contributed by atoms with Crippen LogP contribution >= 0.6 is 11.8 Å². The Morgan fingerprint density at radius 2 is 2.29 bits per heavy atom. The first-order valence-corrected chi connectivity index (χ1v) is 5.91. The molecule has 0 aromatic carbocycles. The lowest BCUT2D eigenvalue weighted by Gasteiger charge is -2.21. The Morgan fingerprint density at radius 1 is 1.36 bits per heavy atom. The summed E-state index contributed by atoms with van der Waals surface area (Å²) >= 11 is 1.99. The topological polar surface area (TPSA) is 55.0 Å². The highest BCUT2D eigenvalue weighted by Gasteiger charge is 2.13. The highest BCUT2D eigenvalue weighted by molar-refractivity contribution is 7.99. The molecule has 1 aromatic heterocycles. The number of anilines is 2. The molecule has 1 aliphatic heterocycles. The lowest BCUT2D eigenvalue weighted by atomic mass is 10.3. The average Bonchev–Trinajstić information content (AvgIpc) is 2.47. The second kappa shape index (κ2) is 4.50. The van der Waals surface area contributed by atoms with E-state index in [2.05, 4.69) is 14.9 Å². The van der Waals surface area contributed by atoms with Crippen LogP contribution in [0, 0.1) is 0 Å². The third kappa shape index (κ3) is 2.09. The number of hydrogen-bond acceptors (Lipinski definition) is 5. The summed E-state index contributed by atoms with van der Waals surface area (Å²) in [5.41, 5.74) is 6.51. The van der Waals surface area contributed by atoms with E-state index in [9.17, 15) is 0 Å². The largest absolute Gasteiger partial charge is 0.394 e. The van der Waals surface area contributed by atoms with Crippen LogP contribution in [0.25, 0.3) is 0 Å². The Balaban J connectivity index is 2.16. The van der Waals surface area contributed by atoms with Crippen molar-refractivity contribution in [1.29, 1.82) is 0 Å². The molecule has 0 spiro atoms. The van der Waals surface area contributed by atoms with Gasteiger partial charge in [0, 0.05) is 18.8 Å². The van der Waals surface area contributed by atoms with Crippen molar-refractivity contribution in [2.75, 3.05) is 35.2 Å². The summed E-state index contributed by atoms with van der Waals surface area (Å²) in [6, 6.07) is 0.